The van der Waals surface area contributed by atoms with Crippen molar-refractivity contribution in [3.8, 4) is 11.5 Å². The Labute approximate surface area is 155 Å². The Morgan fingerprint density at radius 2 is 1.69 bits per heavy atom. The van der Waals surface area contributed by atoms with Crippen LogP contribution in [0.4, 0.5) is 0 Å². The highest BCUT2D eigenvalue weighted by molar-refractivity contribution is 5.90. The first-order chi connectivity index (χ1) is 12.6. The van der Waals surface area contributed by atoms with Gasteiger partial charge in [-0.25, -0.2) is 4.79 Å². The van der Waals surface area contributed by atoms with Gasteiger partial charge in [0.05, 0.1) is 19.8 Å². The van der Waals surface area contributed by atoms with Gasteiger partial charge in [-0.3, -0.25) is 0 Å². The zero-order valence-electron chi connectivity index (χ0n) is 15.7. The Hall–Kier alpha value is -2.53. The van der Waals surface area contributed by atoms with Crippen LogP contribution in [0, 0.1) is 0 Å². The van der Waals surface area contributed by atoms with E-state index in [0.717, 1.165) is 5.56 Å². The molecule has 5 heteroatoms. The fraction of sp³-hybridized carbons (Fsp3) is 0.381. The lowest BCUT2D eigenvalue weighted by molar-refractivity contribution is 0.0600. The first-order valence-corrected chi connectivity index (χ1v) is 8.75. The quantitative estimate of drug-likeness (QED) is 0.762. The van der Waals surface area contributed by atoms with Crippen LogP contribution >= 0.6 is 0 Å². The van der Waals surface area contributed by atoms with Gasteiger partial charge in [0.1, 0.15) is 6.61 Å². The molecule has 1 aliphatic rings. The number of hydrogen-bond donors (Lipinski definition) is 0. The molecule has 1 aliphatic heterocycles. The lowest BCUT2D eigenvalue weighted by Crippen LogP contribution is -2.10. The molecule has 5 nitrogen and oxygen atoms in total. The van der Waals surface area contributed by atoms with Gasteiger partial charge in [-0.1, -0.05) is 30.3 Å². The smallest absolute Gasteiger partial charge is 0.337 e. The van der Waals surface area contributed by atoms with Crippen molar-refractivity contribution in [2.45, 2.75) is 19.4 Å². The predicted octanol–water partition coefficient (Wildman–Crippen LogP) is 3.77. The second kappa shape index (κ2) is 10.5. The third kappa shape index (κ3) is 6.08. The molecule has 0 N–H and O–H groups in total. The molecule has 26 heavy (non-hydrogen) atoms. The largest absolute Gasteiger partial charge is 0.493 e. The van der Waals surface area contributed by atoms with Gasteiger partial charge in [0.15, 0.2) is 11.5 Å². The van der Waals surface area contributed by atoms with Gasteiger partial charge in [0.2, 0.25) is 0 Å². The Kier molecular flexibility index (Phi) is 7.96. The van der Waals surface area contributed by atoms with Crippen molar-refractivity contribution >= 4 is 5.97 Å². The molecule has 2 aromatic carbocycles. The van der Waals surface area contributed by atoms with Crippen molar-refractivity contribution in [1.29, 1.82) is 0 Å². The molecule has 2 aromatic rings. The third-order valence-corrected chi connectivity index (χ3v) is 4.15. The molecular formula is C21H27NO4. The zero-order chi connectivity index (χ0) is 18.8. The van der Waals surface area contributed by atoms with E-state index in [0.29, 0.717) is 23.7 Å². The number of carbonyl (C=O) groups excluding carboxylic acids is 1. The summed E-state index contributed by atoms with van der Waals surface area (Å²) in [6.07, 6.45) is 2.83. The molecule has 0 spiro atoms. The third-order valence-electron chi connectivity index (χ3n) is 4.15. The standard InChI is InChI=1S/C16H16O4.C5H11N/c1-18-15-10-13(16(17)19-2)8-9-14(15)20-11-12-6-4-3-5-7-12;1-6-4-2-3-5-6/h3-10H,11H2,1-2H3;2-5H2,1H3. The van der Waals surface area contributed by atoms with Crippen molar-refractivity contribution in [3.05, 3.63) is 59.7 Å². The summed E-state index contributed by atoms with van der Waals surface area (Å²) >= 11 is 0. The van der Waals surface area contributed by atoms with Gasteiger partial charge in [0, 0.05) is 0 Å². The summed E-state index contributed by atoms with van der Waals surface area (Å²) in [6.45, 7) is 3.08. The number of hydrogen-bond acceptors (Lipinski definition) is 5. The van der Waals surface area contributed by atoms with Gasteiger partial charge >= 0.3 is 5.97 Å². The number of methoxy groups -OCH3 is 2. The van der Waals surface area contributed by atoms with Crippen molar-refractivity contribution in [2.75, 3.05) is 34.4 Å². The van der Waals surface area contributed by atoms with Crippen LogP contribution in [-0.2, 0) is 11.3 Å². The van der Waals surface area contributed by atoms with Crippen LogP contribution < -0.4 is 9.47 Å². The predicted molar refractivity (Wildman–Crippen MR) is 102 cm³/mol. The second-order valence-corrected chi connectivity index (χ2v) is 6.14. The zero-order valence-corrected chi connectivity index (χ0v) is 15.7. The van der Waals surface area contributed by atoms with Crippen LogP contribution in [0.15, 0.2) is 48.5 Å². The molecule has 0 aromatic heterocycles. The molecule has 0 amide bonds. The summed E-state index contributed by atoms with van der Waals surface area (Å²) in [5, 5.41) is 0. The van der Waals surface area contributed by atoms with E-state index in [4.69, 9.17) is 9.47 Å². The van der Waals surface area contributed by atoms with Crippen molar-refractivity contribution in [2.24, 2.45) is 0 Å². The van der Waals surface area contributed by atoms with Crippen LogP contribution in [0.3, 0.4) is 0 Å². The minimum atomic E-state index is -0.405. The van der Waals surface area contributed by atoms with Gasteiger partial charge in [-0.05, 0) is 56.7 Å². The summed E-state index contributed by atoms with van der Waals surface area (Å²) in [5.74, 6) is 0.686. The molecule has 140 valence electrons. The minimum Gasteiger partial charge on any atom is -0.493 e. The summed E-state index contributed by atoms with van der Waals surface area (Å²) in [5.41, 5.74) is 1.49. The summed E-state index contributed by atoms with van der Waals surface area (Å²) in [4.78, 5) is 13.8. The molecule has 0 saturated carbocycles. The van der Waals surface area contributed by atoms with Crippen molar-refractivity contribution < 1.29 is 19.0 Å². The van der Waals surface area contributed by atoms with Crippen LogP contribution in [0.1, 0.15) is 28.8 Å². The number of likely N-dealkylation sites (tertiary alicyclic amines) is 1. The average Bonchev–Trinajstić information content (AvgIpc) is 3.17. The molecule has 3 rings (SSSR count). The van der Waals surface area contributed by atoms with Crippen LogP contribution in [-0.4, -0.2) is 45.2 Å². The molecular weight excluding hydrogens is 330 g/mol. The summed E-state index contributed by atoms with van der Waals surface area (Å²) in [6, 6.07) is 14.8. The highest BCUT2D eigenvalue weighted by atomic mass is 16.5. The van der Waals surface area contributed by atoms with Crippen LogP contribution in [0.2, 0.25) is 0 Å². The molecule has 0 unspecified atom stereocenters. The molecule has 0 bridgehead atoms. The number of nitrogens with zero attached hydrogens (tertiary/aromatic N) is 1. The van der Waals surface area contributed by atoms with Gasteiger partial charge in [0.25, 0.3) is 0 Å². The average molecular weight is 357 g/mol. The number of ether oxygens (including phenoxy) is 3. The van der Waals surface area contributed by atoms with E-state index in [1.165, 1.54) is 40.2 Å². The molecule has 0 aliphatic carbocycles. The monoisotopic (exact) mass is 357 g/mol. The van der Waals surface area contributed by atoms with Crippen LogP contribution in [0.25, 0.3) is 0 Å². The maximum absolute atomic E-state index is 11.5. The second-order valence-electron chi connectivity index (χ2n) is 6.14. The highest BCUT2D eigenvalue weighted by Gasteiger charge is 2.11. The Balaban J connectivity index is 0.000000342. The number of rotatable bonds is 5. The van der Waals surface area contributed by atoms with E-state index in [1.54, 1.807) is 18.2 Å². The van der Waals surface area contributed by atoms with Gasteiger partial charge < -0.3 is 19.1 Å². The number of carbonyl (C=O) groups is 1. The first-order valence-electron chi connectivity index (χ1n) is 8.75. The molecule has 1 heterocycles. The van der Waals surface area contributed by atoms with Crippen molar-refractivity contribution in [1.82, 2.24) is 4.90 Å². The fourth-order valence-corrected chi connectivity index (χ4v) is 2.64. The number of benzene rings is 2. The molecule has 1 fully saturated rings. The maximum atomic E-state index is 11.5. The Morgan fingerprint density at radius 1 is 1.00 bits per heavy atom. The molecule has 0 radical (unpaired) electrons. The van der Waals surface area contributed by atoms with E-state index in [-0.39, 0.29) is 0 Å². The van der Waals surface area contributed by atoms with E-state index in [1.807, 2.05) is 30.3 Å². The van der Waals surface area contributed by atoms with E-state index >= 15 is 0 Å². The Bertz CT molecular complexity index is 682. The lowest BCUT2D eigenvalue weighted by atomic mass is 10.2. The SMILES string of the molecule is CN1CCCC1.COC(=O)c1ccc(OCc2ccccc2)c(OC)c1. The fourth-order valence-electron chi connectivity index (χ4n) is 2.64. The highest BCUT2D eigenvalue weighted by Crippen LogP contribution is 2.29. The maximum Gasteiger partial charge on any atom is 0.337 e. The lowest BCUT2D eigenvalue weighted by Gasteiger charge is -2.11. The van der Waals surface area contributed by atoms with Crippen molar-refractivity contribution in [3.63, 3.8) is 0 Å². The normalized spacial score (nSPS) is 13.5. The molecule has 0 atom stereocenters. The van der Waals surface area contributed by atoms with Gasteiger partial charge in [-0.15, -0.1) is 0 Å². The van der Waals surface area contributed by atoms with E-state index in [9.17, 15) is 4.79 Å². The van der Waals surface area contributed by atoms with Gasteiger partial charge in [-0.2, -0.15) is 0 Å². The van der Waals surface area contributed by atoms with E-state index < -0.39 is 5.97 Å². The van der Waals surface area contributed by atoms with Crippen LogP contribution in [0.5, 0.6) is 11.5 Å². The summed E-state index contributed by atoms with van der Waals surface area (Å²) < 4.78 is 15.6. The molecule has 1 saturated heterocycles. The minimum absolute atomic E-state index is 0.405. The Morgan fingerprint density at radius 3 is 2.23 bits per heavy atom. The first kappa shape index (κ1) is 19.8. The van der Waals surface area contributed by atoms with E-state index in [2.05, 4.69) is 16.7 Å². The summed E-state index contributed by atoms with van der Waals surface area (Å²) in [7, 11) is 5.05. The topological polar surface area (TPSA) is 48.0 Å². The number of esters is 1.